The highest BCUT2D eigenvalue weighted by atomic mass is 16.6. The molecule has 2 amide bonds. The van der Waals surface area contributed by atoms with Crippen molar-refractivity contribution in [3.8, 4) is 0 Å². The van der Waals surface area contributed by atoms with Crippen molar-refractivity contribution in [3.63, 3.8) is 0 Å². The van der Waals surface area contributed by atoms with Gasteiger partial charge in [-0.15, -0.1) is 0 Å². The van der Waals surface area contributed by atoms with Crippen molar-refractivity contribution in [1.29, 1.82) is 0 Å². The molecule has 3 rings (SSSR count). The van der Waals surface area contributed by atoms with Crippen LogP contribution in [0.4, 0.5) is 5.69 Å². The van der Waals surface area contributed by atoms with E-state index in [1.54, 1.807) is 21.9 Å². The molecule has 25 heavy (non-hydrogen) atoms. The molecule has 2 aliphatic rings. The van der Waals surface area contributed by atoms with Crippen LogP contribution in [0.3, 0.4) is 0 Å². The number of morpholine rings is 1. The lowest BCUT2D eigenvalue weighted by molar-refractivity contribution is -0.385. The molecule has 1 atom stereocenters. The molecule has 2 saturated heterocycles. The van der Waals surface area contributed by atoms with Crippen molar-refractivity contribution >= 4 is 17.5 Å². The highest BCUT2D eigenvalue weighted by molar-refractivity contribution is 5.98. The Kier molecular flexibility index (Phi) is 4.71. The Balaban J connectivity index is 1.81. The smallest absolute Gasteiger partial charge is 0.282 e. The van der Waals surface area contributed by atoms with E-state index < -0.39 is 10.5 Å². The Hall–Kier alpha value is -2.48. The van der Waals surface area contributed by atoms with E-state index in [9.17, 15) is 19.7 Å². The summed E-state index contributed by atoms with van der Waals surface area (Å²) in [4.78, 5) is 38.5. The number of hydrogen-bond donors (Lipinski definition) is 0. The number of amides is 2. The number of carbonyl (C=O) groups is 2. The van der Waals surface area contributed by atoms with Crippen molar-refractivity contribution in [2.24, 2.45) is 0 Å². The highest BCUT2D eigenvalue weighted by Crippen LogP contribution is 2.31. The summed E-state index contributed by atoms with van der Waals surface area (Å²) in [5, 5.41) is 11.2. The molecule has 1 spiro atoms. The van der Waals surface area contributed by atoms with Crippen LogP contribution >= 0.6 is 0 Å². The second-order valence-corrected chi connectivity index (χ2v) is 6.58. The molecular weight excluding hydrogens is 326 g/mol. The highest BCUT2D eigenvalue weighted by Gasteiger charge is 2.43. The number of piperidine rings is 1. The Morgan fingerprint density at radius 3 is 2.64 bits per heavy atom. The number of para-hydroxylation sites is 1. The van der Waals surface area contributed by atoms with Gasteiger partial charge in [-0.3, -0.25) is 19.7 Å². The Bertz CT molecular complexity index is 703. The van der Waals surface area contributed by atoms with E-state index >= 15 is 0 Å². The number of carbonyl (C=O) groups excluding carboxylic acids is 2. The van der Waals surface area contributed by atoms with Crippen molar-refractivity contribution in [2.45, 2.75) is 25.4 Å². The lowest BCUT2D eigenvalue weighted by Gasteiger charge is -2.47. The zero-order valence-electron chi connectivity index (χ0n) is 14.1. The van der Waals surface area contributed by atoms with Gasteiger partial charge in [-0.25, -0.2) is 0 Å². The van der Waals surface area contributed by atoms with Crippen LogP contribution in [0.2, 0.25) is 0 Å². The van der Waals surface area contributed by atoms with Crippen molar-refractivity contribution in [1.82, 2.24) is 9.80 Å². The van der Waals surface area contributed by atoms with E-state index in [1.165, 1.54) is 19.1 Å². The third-order valence-corrected chi connectivity index (χ3v) is 4.85. The average molecular weight is 347 g/mol. The molecule has 0 radical (unpaired) electrons. The summed E-state index contributed by atoms with van der Waals surface area (Å²) in [7, 11) is 0. The average Bonchev–Trinajstić information content (AvgIpc) is 2.61. The summed E-state index contributed by atoms with van der Waals surface area (Å²) >= 11 is 0. The number of hydrogen-bond acceptors (Lipinski definition) is 5. The number of rotatable bonds is 2. The van der Waals surface area contributed by atoms with Crippen LogP contribution in [-0.4, -0.2) is 64.9 Å². The maximum absolute atomic E-state index is 12.9. The van der Waals surface area contributed by atoms with Gasteiger partial charge in [0.1, 0.15) is 11.2 Å². The maximum Gasteiger partial charge on any atom is 0.282 e. The van der Waals surface area contributed by atoms with E-state index in [4.69, 9.17) is 4.74 Å². The first-order valence-electron chi connectivity index (χ1n) is 8.34. The number of likely N-dealkylation sites (tertiary alicyclic amines) is 1. The molecule has 8 nitrogen and oxygen atoms in total. The molecule has 0 saturated carbocycles. The quantitative estimate of drug-likeness (QED) is 0.596. The summed E-state index contributed by atoms with van der Waals surface area (Å²) in [6.45, 7) is 3.82. The van der Waals surface area contributed by atoms with Gasteiger partial charge in [0.25, 0.3) is 11.6 Å². The summed E-state index contributed by atoms with van der Waals surface area (Å²) in [5.41, 5.74) is -0.688. The lowest BCUT2D eigenvalue weighted by Crippen LogP contribution is -2.61. The maximum atomic E-state index is 12.9. The minimum Gasteiger partial charge on any atom is -0.369 e. The monoisotopic (exact) mass is 347 g/mol. The van der Waals surface area contributed by atoms with Crippen LogP contribution in [-0.2, 0) is 9.53 Å². The molecule has 1 aromatic carbocycles. The SMILES string of the molecule is CC(=O)N1CCO[C@]2(CCCN(C(=O)c3ccccc3[N+](=O)[O-])C2)C1. The van der Waals surface area contributed by atoms with Gasteiger partial charge >= 0.3 is 0 Å². The van der Waals surface area contributed by atoms with Crippen LogP contribution in [0.15, 0.2) is 24.3 Å². The largest absolute Gasteiger partial charge is 0.369 e. The van der Waals surface area contributed by atoms with Crippen LogP contribution in [0.5, 0.6) is 0 Å². The molecule has 134 valence electrons. The summed E-state index contributed by atoms with van der Waals surface area (Å²) in [5.74, 6) is -0.375. The predicted molar refractivity (Wildman–Crippen MR) is 89.2 cm³/mol. The number of ether oxygens (including phenoxy) is 1. The molecule has 0 bridgehead atoms. The topological polar surface area (TPSA) is 93.0 Å². The zero-order chi connectivity index (χ0) is 18.0. The van der Waals surface area contributed by atoms with E-state index in [1.807, 2.05) is 0 Å². The van der Waals surface area contributed by atoms with E-state index in [-0.39, 0.29) is 23.1 Å². The Morgan fingerprint density at radius 2 is 1.92 bits per heavy atom. The zero-order valence-corrected chi connectivity index (χ0v) is 14.1. The van der Waals surface area contributed by atoms with Gasteiger partial charge in [-0.2, -0.15) is 0 Å². The van der Waals surface area contributed by atoms with Gasteiger partial charge in [-0.1, -0.05) is 12.1 Å². The second kappa shape index (κ2) is 6.79. The summed E-state index contributed by atoms with van der Waals surface area (Å²) in [6.07, 6.45) is 1.50. The van der Waals surface area contributed by atoms with Crippen molar-refractivity contribution in [3.05, 3.63) is 39.9 Å². The molecule has 0 aromatic heterocycles. The molecule has 0 aliphatic carbocycles. The Labute approximate surface area is 145 Å². The van der Waals surface area contributed by atoms with Gasteiger partial charge in [0.2, 0.25) is 5.91 Å². The first kappa shape index (κ1) is 17.3. The van der Waals surface area contributed by atoms with Crippen LogP contribution in [0, 0.1) is 10.1 Å². The summed E-state index contributed by atoms with van der Waals surface area (Å²) < 4.78 is 5.96. The predicted octanol–water partition coefficient (Wildman–Crippen LogP) is 1.45. The number of nitro groups is 1. The second-order valence-electron chi connectivity index (χ2n) is 6.58. The van der Waals surface area contributed by atoms with Gasteiger partial charge < -0.3 is 14.5 Å². The third kappa shape index (κ3) is 3.48. The summed E-state index contributed by atoms with van der Waals surface area (Å²) in [6, 6.07) is 5.98. The van der Waals surface area contributed by atoms with Crippen LogP contribution in [0.1, 0.15) is 30.1 Å². The van der Waals surface area contributed by atoms with Gasteiger partial charge in [0.05, 0.1) is 24.6 Å². The van der Waals surface area contributed by atoms with Gasteiger partial charge in [0, 0.05) is 26.1 Å². The minimum absolute atomic E-state index is 0.00942. The van der Waals surface area contributed by atoms with Crippen LogP contribution in [0.25, 0.3) is 0 Å². The van der Waals surface area contributed by atoms with E-state index in [2.05, 4.69) is 0 Å². The molecule has 8 heteroatoms. The molecule has 1 aromatic rings. The first-order valence-corrected chi connectivity index (χ1v) is 8.34. The van der Waals surface area contributed by atoms with Gasteiger partial charge in [-0.05, 0) is 18.9 Å². The first-order chi connectivity index (χ1) is 11.9. The van der Waals surface area contributed by atoms with Crippen molar-refractivity contribution < 1.29 is 19.2 Å². The molecular formula is C17H21N3O5. The normalized spacial score (nSPS) is 23.6. The fourth-order valence-electron chi connectivity index (χ4n) is 3.62. The minimum atomic E-state index is -0.582. The third-order valence-electron chi connectivity index (χ3n) is 4.85. The Morgan fingerprint density at radius 1 is 1.20 bits per heavy atom. The molecule has 2 aliphatic heterocycles. The molecule has 2 heterocycles. The van der Waals surface area contributed by atoms with E-state index in [0.29, 0.717) is 32.8 Å². The van der Waals surface area contributed by atoms with E-state index in [0.717, 1.165) is 12.8 Å². The number of benzene rings is 1. The molecule has 0 N–H and O–H groups in total. The molecule has 2 fully saturated rings. The number of nitro benzene ring substituents is 1. The fraction of sp³-hybridized carbons (Fsp3) is 0.529. The van der Waals surface area contributed by atoms with Crippen LogP contribution < -0.4 is 0 Å². The lowest BCUT2D eigenvalue weighted by atomic mass is 9.90. The van der Waals surface area contributed by atoms with Crippen molar-refractivity contribution in [2.75, 3.05) is 32.8 Å². The number of nitrogens with zero attached hydrogens (tertiary/aromatic N) is 3. The molecule has 0 unspecified atom stereocenters. The fourth-order valence-corrected chi connectivity index (χ4v) is 3.62. The van der Waals surface area contributed by atoms with Gasteiger partial charge in [0.15, 0.2) is 0 Å². The standard InChI is InChI=1S/C17H21N3O5/c1-13(21)18-9-10-25-17(11-18)7-4-8-19(12-17)16(22)14-5-2-3-6-15(14)20(23)24/h2-3,5-6H,4,7-12H2,1H3/t17-/m1/s1.